The Morgan fingerprint density at radius 1 is 1.16 bits per heavy atom. The van der Waals surface area contributed by atoms with Gasteiger partial charge in [0, 0.05) is 18.2 Å². The lowest BCUT2D eigenvalue weighted by molar-refractivity contribution is 0.590. The van der Waals surface area contributed by atoms with Gasteiger partial charge in [-0.25, -0.2) is 0 Å². The van der Waals surface area contributed by atoms with Gasteiger partial charge in [0.1, 0.15) is 5.82 Å². The first-order valence-corrected chi connectivity index (χ1v) is 6.62. The van der Waals surface area contributed by atoms with Crippen molar-refractivity contribution in [1.82, 2.24) is 9.78 Å². The van der Waals surface area contributed by atoms with Gasteiger partial charge in [-0.2, -0.15) is 5.10 Å². The minimum atomic E-state index is 0.139. The zero-order chi connectivity index (χ0) is 14.4. The number of rotatable bonds is 1. The molecule has 1 aromatic heterocycles. The summed E-state index contributed by atoms with van der Waals surface area (Å²) in [4.78, 5) is 0. The van der Waals surface area contributed by atoms with E-state index in [2.05, 4.69) is 51.0 Å². The summed E-state index contributed by atoms with van der Waals surface area (Å²) in [5, 5.41) is 4.31. The van der Waals surface area contributed by atoms with Crippen molar-refractivity contribution in [3.63, 3.8) is 0 Å². The molecule has 2 N–H and O–H groups in total. The molecule has 0 bridgehead atoms. The number of nitrogens with two attached hydrogens (primary N) is 1. The first-order valence-electron chi connectivity index (χ1n) is 6.62. The second kappa shape index (κ2) is 4.41. The van der Waals surface area contributed by atoms with Gasteiger partial charge in [0.2, 0.25) is 0 Å². The number of hydrogen-bond acceptors (Lipinski definition) is 2. The van der Waals surface area contributed by atoms with Crippen molar-refractivity contribution in [3.05, 3.63) is 34.9 Å². The molecular formula is C16H23N3. The molecule has 2 aromatic rings. The first-order chi connectivity index (χ1) is 8.71. The van der Waals surface area contributed by atoms with Crippen LogP contribution in [0.25, 0.3) is 11.3 Å². The average Bonchev–Trinajstić information content (AvgIpc) is 2.53. The molecule has 0 saturated carbocycles. The molecule has 3 heteroatoms. The SMILES string of the molecule is Cc1ccc(C(C)(C)C)cc1-c1c(C)c(N)nn1C. The molecule has 0 saturated heterocycles. The molecule has 0 radical (unpaired) electrons. The van der Waals surface area contributed by atoms with Crippen molar-refractivity contribution < 1.29 is 0 Å². The predicted octanol–water partition coefficient (Wildman–Crippen LogP) is 3.58. The summed E-state index contributed by atoms with van der Waals surface area (Å²) in [5.41, 5.74) is 12.0. The van der Waals surface area contributed by atoms with E-state index in [1.54, 1.807) is 0 Å². The van der Waals surface area contributed by atoms with Gasteiger partial charge in [0.25, 0.3) is 0 Å². The molecule has 102 valence electrons. The Labute approximate surface area is 115 Å². The minimum Gasteiger partial charge on any atom is -0.382 e. The fourth-order valence-corrected chi connectivity index (χ4v) is 2.37. The van der Waals surface area contributed by atoms with Crippen molar-refractivity contribution >= 4 is 5.82 Å². The normalized spacial score (nSPS) is 11.9. The van der Waals surface area contributed by atoms with E-state index in [0.29, 0.717) is 5.82 Å². The highest BCUT2D eigenvalue weighted by molar-refractivity contribution is 5.71. The largest absolute Gasteiger partial charge is 0.382 e. The summed E-state index contributed by atoms with van der Waals surface area (Å²) >= 11 is 0. The van der Waals surface area contributed by atoms with Crippen LogP contribution in [0.2, 0.25) is 0 Å². The van der Waals surface area contributed by atoms with Gasteiger partial charge in [0.15, 0.2) is 0 Å². The summed E-state index contributed by atoms with van der Waals surface area (Å²) in [6, 6.07) is 6.64. The van der Waals surface area contributed by atoms with E-state index in [1.165, 1.54) is 16.7 Å². The number of aromatic nitrogens is 2. The molecule has 0 unspecified atom stereocenters. The van der Waals surface area contributed by atoms with Gasteiger partial charge in [-0.3, -0.25) is 4.68 Å². The summed E-state index contributed by atoms with van der Waals surface area (Å²) in [6.07, 6.45) is 0. The number of aryl methyl sites for hydroxylation is 2. The van der Waals surface area contributed by atoms with Gasteiger partial charge in [-0.05, 0) is 36.5 Å². The molecule has 0 spiro atoms. The maximum absolute atomic E-state index is 5.92. The second-order valence-corrected chi connectivity index (χ2v) is 6.26. The number of anilines is 1. The third-order valence-electron chi connectivity index (χ3n) is 3.68. The van der Waals surface area contributed by atoms with Crippen LogP contribution in [0.4, 0.5) is 5.82 Å². The zero-order valence-corrected chi connectivity index (χ0v) is 12.7. The van der Waals surface area contributed by atoms with Gasteiger partial charge >= 0.3 is 0 Å². The fourth-order valence-electron chi connectivity index (χ4n) is 2.37. The van der Waals surface area contributed by atoms with Crippen molar-refractivity contribution in [2.24, 2.45) is 7.05 Å². The summed E-state index contributed by atoms with van der Waals surface area (Å²) in [5.74, 6) is 0.609. The maximum Gasteiger partial charge on any atom is 0.148 e. The molecule has 0 fully saturated rings. The van der Waals surface area contributed by atoms with Gasteiger partial charge in [-0.15, -0.1) is 0 Å². The molecule has 3 nitrogen and oxygen atoms in total. The molecule has 0 amide bonds. The average molecular weight is 257 g/mol. The molecule has 0 aliphatic carbocycles. The van der Waals surface area contributed by atoms with E-state index in [0.717, 1.165) is 11.3 Å². The van der Waals surface area contributed by atoms with Gasteiger partial charge in [0.05, 0.1) is 5.69 Å². The summed E-state index contributed by atoms with van der Waals surface area (Å²) < 4.78 is 1.87. The Hall–Kier alpha value is -1.77. The molecule has 2 rings (SSSR count). The maximum atomic E-state index is 5.92. The van der Waals surface area contributed by atoms with Crippen LogP contribution in [0.15, 0.2) is 18.2 Å². The van der Waals surface area contributed by atoms with E-state index in [-0.39, 0.29) is 5.41 Å². The van der Waals surface area contributed by atoms with E-state index in [1.807, 2.05) is 18.7 Å². The molecule has 19 heavy (non-hydrogen) atoms. The van der Waals surface area contributed by atoms with Crippen LogP contribution >= 0.6 is 0 Å². The number of nitrogens with zero attached hydrogens (tertiary/aromatic N) is 2. The van der Waals surface area contributed by atoms with Crippen LogP contribution in [-0.2, 0) is 12.5 Å². The highest BCUT2D eigenvalue weighted by Gasteiger charge is 2.18. The topological polar surface area (TPSA) is 43.8 Å². The van der Waals surface area contributed by atoms with Crippen LogP contribution in [0, 0.1) is 13.8 Å². The lowest BCUT2D eigenvalue weighted by Gasteiger charge is -2.21. The van der Waals surface area contributed by atoms with Gasteiger partial charge < -0.3 is 5.73 Å². The number of hydrogen-bond donors (Lipinski definition) is 1. The van der Waals surface area contributed by atoms with Crippen LogP contribution in [-0.4, -0.2) is 9.78 Å². The second-order valence-electron chi connectivity index (χ2n) is 6.26. The number of benzene rings is 1. The highest BCUT2D eigenvalue weighted by Crippen LogP contribution is 2.33. The molecule has 1 heterocycles. The summed E-state index contributed by atoms with van der Waals surface area (Å²) in [6.45, 7) is 10.8. The standard InChI is InChI=1S/C16H23N3/c1-10-7-8-12(16(3,4)5)9-13(10)14-11(2)15(17)18-19(14)6/h7-9H,1-6H3,(H2,17,18). The van der Waals surface area contributed by atoms with Gasteiger partial charge in [-0.1, -0.05) is 32.9 Å². The third-order valence-corrected chi connectivity index (χ3v) is 3.68. The third kappa shape index (κ3) is 2.37. The Morgan fingerprint density at radius 3 is 2.26 bits per heavy atom. The van der Waals surface area contributed by atoms with Crippen molar-refractivity contribution in [2.45, 2.75) is 40.0 Å². The summed E-state index contributed by atoms with van der Waals surface area (Å²) in [7, 11) is 1.95. The van der Waals surface area contributed by atoms with Crippen LogP contribution < -0.4 is 5.73 Å². The smallest absolute Gasteiger partial charge is 0.148 e. The first kappa shape index (κ1) is 13.7. The minimum absolute atomic E-state index is 0.139. The van der Waals surface area contributed by atoms with Crippen LogP contribution in [0.1, 0.15) is 37.5 Å². The van der Waals surface area contributed by atoms with Crippen LogP contribution in [0.3, 0.4) is 0 Å². The van der Waals surface area contributed by atoms with E-state index in [4.69, 9.17) is 5.73 Å². The molecular weight excluding hydrogens is 234 g/mol. The highest BCUT2D eigenvalue weighted by atomic mass is 15.3. The number of nitrogen functional groups attached to an aromatic ring is 1. The molecule has 0 atom stereocenters. The fraction of sp³-hybridized carbons (Fsp3) is 0.438. The van der Waals surface area contributed by atoms with E-state index < -0.39 is 0 Å². The Morgan fingerprint density at radius 2 is 1.79 bits per heavy atom. The van der Waals surface area contributed by atoms with E-state index >= 15 is 0 Å². The molecule has 0 aliphatic heterocycles. The predicted molar refractivity (Wildman–Crippen MR) is 81.2 cm³/mol. The molecule has 0 aliphatic rings. The zero-order valence-electron chi connectivity index (χ0n) is 12.7. The lowest BCUT2D eigenvalue weighted by Crippen LogP contribution is -2.11. The lowest BCUT2D eigenvalue weighted by atomic mass is 9.84. The van der Waals surface area contributed by atoms with Crippen molar-refractivity contribution in [1.29, 1.82) is 0 Å². The molecule has 1 aromatic carbocycles. The Balaban J connectivity index is 2.68. The van der Waals surface area contributed by atoms with E-state index in [9.17, 15) is 0 Å². The quantitative estimate of drug-likeness (QED) is 0.848. The van der Waals surface area contributed by atoms with Crippen molar-refractivity contribution in [2.75, 3.05) is 5.73 Å². The van der Waals surface area contributed by atoms with Crippen LogP contribution in [0.5, 0.6) is 0 Å². The Bertz CT molecular complexity index is 616. The monoisotopic (exact) mass is 257 g/mol. The van der Waals surface area contributed by atoms with Crippen molar-refractivity contribution in [3.8, 4) is 11.3 Å². The Kier molecular flexibility index (Phi) is 3.17.